The molecule has 1 aliphatic carbocycles. The van der Waals surface area contributed by atoms with E-state index in [-0.39, 0.29) is 12.0 Å². The van der Waals surface area contributed by atoms with Crippen LogP contribution in [0.3, 0.4) is 0 Å². The number of hydrogen-bond donors (Lipinski definition) is 2. The molecule has 0 aliphatic heterocycles. The van der Waals surface area contributed by atoms with Gasteiger partial charge in [0.05, 0.1) is 18.2 Å². The molecule has 0 aromatic heterocycles. The normalized spacial score (nSPS) is 29.2. The van der Waals surface area contributed by atoms with Crippen LogP contribution in [0.2, 0.25) is 0 Å². The van der Waals surface area contributed by atoms with Crippen molar-refractivity contribution in [1.29, 1.82) is 0 Å². The molecule has 2 atom stereocenters. The molecule has 4 N–H and O–H groups in total. The lowest BCUT2D eigenvalue weighted by Crippen LogP contribution is -2.51. The molecule has 1 saturated carbocycles. The van der Waals surface area contributed by atoms with Gasteiger partial charge in [0, 0.05) is 12.6 Å². The minimum absolute atomic E-state index is 0.256. The summed E-state index contributed by atoms with van der Waals surface area (Å²) in [4.78, 5) is 13.5. The third kappa shape index (κ3) is 3.94. The predicted molar refractivity (Wildman–Crippen MR) is 67.5 cm³/mol. The second-order valence-corrected chi connectivity index (χ2v) is 5.32. The molecule has 100 valence electrons. The Morgan fingerprint density at radius 2 is 2.24 bits per heavy atom. The van der Waals surface area contributed by atoms with Crippen molar-refractivity contribution in [2.45, 2.75) is 50.8 Å². The maximum absolute atomic E-state index is 11.2. The fourth-order valence-corrected chi connectivity index (χ4v) is 2.26. The van der Waals surface area contributed by atoms with Gasteiger partial charge in [-0.25, -0.2) is 0 Å². The number of likely N-dealkylation sites (N-methyl/N-ethyl adjacent to an activating group) is 1. The van der Waals surface area contributed by atoms with Crippen LogP contribution in [0.1, 0.15) is 33.1 Å². The van der Waals surface area contributed by atoms with Gasteiger partial charge in [0.2, 0.25) is 5.91 Å². The second kappa shape index (κ2) is 5.80. The monoisotopic (exact) mass is 243 g/mol. The van der Waals surface area contributed by atoms with Gasteiger partial charge in [-0.3, -0.25) is 4.79 Å². The van der Waals surface area contributed by atoms with Crippen molar-refractivity contribution in [2.75, 3.05) is 20.2 Å². The highest BCUT2D eigenvalue weighted by molar-refractivity contribution is 5.84. The average Bonchev–Trinajstić information content (AvgIpc) is 2.62. The van der Waals surface area contributed by atoms with Crippen LogP contribution in [-0.4, -0.2) is 48.7 Å². The molecule has 5 nitrogen and oxygen atoms in total. The Morgan fingerprint density at radius 1 is 1.59 bits per heavy atom. The third-order valence-electron chi connectivity index (χ3n) is 3.53. The summed E-state index contributed by atoms with van der Waals surface area (Å²) in [6, 6.07) is 0.336. The first-order valence-electron chi connectivity index (χ1n) is 6.26. The van der Waals surface area contributed by atoms with Crippen molar-refractivity contribution in [3.8, 4) is 0 Å². The van der Waals surface area contributed by atoms with Gasteiger partial charge in [0.25, 0.3) is 0 Å². The largest absolute Gasteiger partial charge is 0.377 e. The molecule has 0 saturated heterocycles. The number of carbonyl (C=O) groups is 1. The van der Waals surface area contributed by atoms with E-state index in [4.69, 9.17) is 16.2 Å². The summed E-state index contributed by atoms with van der Waals surface area (Å²) in [7, 11) is 2.04. The number of carbonyl (C=O) groups excluding carboxylic acids is 1. The van der Waals surface area contributed by atoms with Gasteiger partial charge in [-0.2, -0.15) is 0 Å². The average molecular weight is 243 g/mol. The van der Waals surface area contributed by atoms with Gasteiger partial charge in [-0.15, -0.1) is 0 Å². The number of nitrogens with two attached hydrogens (primary N) is 2. The van der Waals surface area contributed by atoms with Crippen LogP contribution < -0.4 is 11.5 Å². The molecule has 0 aromatic rings. The molecule has 1 aliphatic rings. The van der Waals surface area contributed by atoms with E-state index in [1.807, 2.05) is 20.9 Å². The molecular formula is C12H25N3O2. The molecule has 0 aromatic carbocycles. The highest BCUT2D eigenvalue weighted by Crippen LogP contribution is 2.30. The maximum atomic E-state index is 11.2. The highest BCUT2D eigenvalue weighted by atomic mass is 16.5. The molecule has 0 bridgehead atoms. The quantitative estimate of drug-likeness (QED) is 0.692. The van der Waals surface area contributed by atoms with Gasteiger partial charge < -0.3 is 21.1 Å². The van der Waals surface area contributed by atoms with Crippen LogP contribution in [0.25, 0.3) is 0 Å². The number of nitrogens with zero attached hydrogens (tertiary/aromatic N) is 1. The number of amides is 1. The maximum Gasteiger partial charge on any atom is 0.237 e. The lowest BCUT2D eigenvalue weighted by atomic mass is 9.98. The minimum Gasteiger partial charge on any atom is -0.377 e. The molecule has 5 heteroatoms. The Hall–Kier alpha value is -0.650. The zero-order valence-corrected chi connectivity index (χ0v) is 11.1. The first kappa shape index (κ1) is 14.4. The van der Waals surface area contributed by atoms with Gasteiger partial charge in [-0.05, 0) is 40.2 Å². The van der Waals surface area contributed by atoms with Crippen molar-refractivity contribution in [2.24, 2.45) is 11.5 Å². The second-order valence-electron chi connectivity index (χ2n) is 5.32. The summed E-state index contributed by atoms with van der Waals surface area (Å²) in [6.45, 7) is 5.61. The summed E-state index contributed by atoms with van der Waals surface area (Å²) < 4.78 is 5.51. The molecule has 0 radical (unpaired) electrons. The van der Waals surface area contributed by atoms with Crippen molar-refractivity contribution in [3.63, 3.8) is 0 Å². The molecule has 0 spiro atoms. The van der Waals surface area contributed by atoms with E-state index in [1.165, 1.54) is 0 Å². The summed E-state index contributed by atoms with van der Waals surface area (Å²) >= 11 is 0. The Balaban J connectivity index is 2.35. The fourth-order valence-electron chi connectivity index (χ4n) is 2.26. The zero-order valence-electron chi connectivity index (χ0n) is 11.1. The van der Waals surface area contributed by atoms with Gasteiger partial charge in [0.15, 0.2) is 0 Å². The van der Waals surface area contributed by atoms with Gasteiger partial charge in [-0.1, -0.05) is 0 Å². The number of hydrogen-bond acceptors (Lipinski definition) is 4. The number of ether oxygens (including phenoxy) is 1. The SMILES string of the molecule is CC(C)OCCN(C)C1CCC(N)(C(N)=O)C1. The molecule has 1 amide bonds. The highest BCUT2D eigenvalue weighted by Gasteiger charge is 2.41. The van der Waals surface area contributed by atoms with E-state index < -0.39 is 5.54 Å². The van der Waals surface area contributed by atoms with Crippen LogP contribution in [0.15, 0.2) is 0 Å². The van der Waals surface area contributed by atoms with Gasteiger partial charge >= 0.3 is 0 Å². The van der Waals surface area contributed by atoms with Crippen LogP contribution in [0.4, 0.5) is 0 Å². The van der Waals surface area contributed by atoms with Crippen LogP contribution in [0, 0.1) is 0 Å². The van der Waals surface area contributed by atoms with E-state index >= 15 is 0 Å². The summed E-state index contributed by atoms with van der Waals surface area (Å²) in [5, 5.41) is 0. The van der Waals surface area contributed by atoms with E-state index in [9.17, 15) is 4.79 Å². The minimum atomic E-state index is -0.808. The van der Waals surface area contributed by atoms with Crippen LogP contribution in [0.5, 0.6) is 0 Å². The molecule has 1 rings (SSSR count). The standard InChI is InChI=1S/C12H25N3O2/c1-9(2)17-7-6-15(3)10-4-5-12(14,8-10)11(13)16/h9-10H,4-8,14H2,1-3H3,(H2,13,16). The molecule has 1 fully saturated rings. The van der Waals surface area contributed by atoms with Crippen LogP contribution in [-0.2, 0) is 9.53 Å². The van der Waals surface area contributed by atoms with Crippen molar-refractivity contribution in [3.05, 3.63) is 0 Å². The smallest absolute Gasteiger partial charge is 0.237 e. The first-order chi connectivity index (χ1) is 7.85. The van der Waals surface area contributed by atoms with Crippen LogP contribution >= 0.6 is 0 Å². The summed E-state index contributed by atoms with van der Waals surface area (Å²) in [5.74, 6) is -0.383. The van der Waals surface area contributed by atoms with Crippen molar-refractivity contribution < 1.29 is 9.53 Å². The number of primary amides is 1. The Kier molecular flexibility index (Phi) is 4.91. The van der Waals surface area contributed by atoms with E-state index in [0.717, 1.165) is 13.0 Å². The van der Waals surface area contributed by atoms with E-state index in [2.05, 4.69) is 4.90 Å². The van der Waals surface area contributed by atoms with Gasteiger partial charge in [0.1, 0.15) is 0 Å². The van der Waals surface area contributed by atoms with E-state index in [0.29, 0.717) is 25.5 Å². The fraction of sp³-hybridized carbons (Fsp3) is 0.917. The summed E-state index contributed by atoms with van der Waals surface area (Å²) in [5.41, 5.74) is 10.5. The van der Waals surface area contributed by atoms with Crippen molar-refractivity contribution >= 4 is 5.91 Å². The Labute approximate surface area is 103 Å². The van der Waals surface area contributed by atoms with Crippen molar-refractivity contribution in [1.82, 2.24) is 4.90 Å². The topological polar surface area (TPSA) is 81.6 Å². The molecule has 2 unspecified atom stereocenters. The lowest BCUT2D eigenvalue weighted by Gasteiger charge is -2.26. The number of rotatable bonds is 6. The Morgan fingerprint density at radius 3 is 2.71 bits per heavy atom. The molecule has 0 heterocycles. The predicted octanol–water partition coefficient (Wildman–Crippen LogP) is 0.0785. The zero-order chi connectivity index (χ0) is 13.1. The summed E-state index contributed by atoms with van der Waals surface area (Å²) in [6.07, 6.45) is 2.52. The lowest BCUT2D eigenvalue weighted by molar-refractivity contribution is -0.123. The third-order valence-corrected chi connectivity index (χ3v) is 3.53. The molecular weight excluding hydrogens is 218 g/mol. The Bertz CT molecular complexity index is 270. The first-order valence-corrected chi connectivity index (χ1v) is 6.26. The van der Waals surface area contributed by atoms with E-state index in [1.54, 1.807) is 0 Å². The molecule has 17 heavy (non-hydrogen) atoms.